The van der Waals surface area contributed by atoms with E-state index >= 15 is 0 Å². The first-order chi connectivity index (χ1) is 13.8. The molecule has 0 fully saturated rings. The number of nitrogens with one attached hydrogen (secondary N) is 2. The molecule has 0 spiro atoms. The Labute approximate surface area is 183 Å². The Morgan fingerprint density at radius 2 is 1.28 bits per heavy atom. The van der Waals surface area contributed by atoms with E-state index in [4.69, 9.17) is 23.2 Å². The van der Waals surface area contributed by atoms with Crippen molar-refractivity contribution in [2.75, 3.05) is 0 Å². The van der Waals surface area contributed by atoms with E-state index in [1.165, 1.54) is 24.2 Å². The number of hydrogen-bond acceptors (Lipinski definition) is 5. The largest absolute Gasteiger partial charge is 0.272 e. The summed E-state index contributed by atoms with van der Waals surface area (Å²) < 4.78 is 0. The number of carbonyl (C=O) groups excluding carboxylic acids is 2. The van der Waals surface area contributed by atoms with Crippen LogP contribution in [0.3, 0.4) is 0 Å². The van der Waals surface area contributed by atoms with Crippen LogP contribution in [-0.2, 0) is 9.59 Å². The highest BCUT2D eigenvalue weighted by Crippen LogP contribution is 2.18. The zero-order chi connectivity index (χ0) is 21.2. The molecule has 0 aliphatic carbocycles. The third-order valence-corrected chi connectivity index (χ3v) is 5.34. The van der Waals surface area contributed by atoms with Gasteiger partial charge in [-0.1, -0.05) is 47.5 Å². The highest BCUT2D eigenvalue weighted by molar-refractivity contribution is 8.01. The van der Waals surface area contributed by atoms with Gasteiger partial charge in [-0.2, -0.15) is 10.2 Å². The van der Waals surface area contributed by atoms with Crippen LogP contribution in [0, 0.1) is 0 Å². The van der Waals surface area contributed by atoms with Gasteiger partial charge in [0.25, 0.3) is 11.8 Å². The molecule has 0 saturated carbocycles. The van der Waals surface area contributed by atoms with Crippen molar-refractivity contribution in [1.29, 1.82) is 0 Å². The molecule has 2 unspecified atom stereocenters. The van der Waals surface area contributed by atoms with Crippen molar-refractivity contribution < 1.29 is 9.59 Å². The van der Waals surface area contributed by atoms with Crippen LogP contribution in [0.1, 0.15) is 25.0 Å². The van der Waals surface area contributed by atoms with E-state index in [0.29, 0.717) is 10.0 Å². The predicted molar refractivity (Wildman–Crippen MR) is 121 cm³/mol. The summed E-state index contributed by atoms with van der Waals surface area (Å²) in [5.74, 6) is -0.620. The smallest absolute Gasteiger partial charge is 0.252 e. The molecule has 6 nitrogen and oxygen atoms in total. The molecule has 2 amide bonds. The van der Waals surface area contributed by atoms with Crippen LogP contribution in [-0.4, -0.2) is 34.7 Å². The van der Waals surface area contributed by atoms with Gasteiger partial charge in [-0.25, -0.2) is 10.9 Å². The summed E-state index contributed by atoms with van der Waals surface area (Å²) in [7, 11) is 0. The first-order valence-corrected chi connectivity index (χ1v) is 10.4. The maximum atomic E-state index is 12.1. The second kappa shape index (κ2) is 11.6. The molecule has 0 aliphatic heterocycles. The SMILES string of the molecule is CC(SC(C)C(=O)N/N=C/c1cccc(Cl)c1)C(=O)N/N=C\c1cccc(Cl)c1. The van der Waals surface area contributed by atoms with Gasteiger partial charge < -0.3 is 0 Å². The summed E-state index contributed by atoms with van der Waals surface area (Å²) in [6.07, 6.45) is 3.00. The number of amides is 2. The monoisotopic (exact) mass is 450 g/mol. The Kier molecular flexibility index (Phi) is 9.18. The third kappa shape index (κ3) is 8.27. The molecule has 9 heteroatoms. The van der Waals surface area contributed by atoms with Gasteiger partial charge in [0.05, 0.1) is 22.9 Å². The fourth-order valence-corrected chi connectivity index (χ4v) is 3.49. The fourth-order valence-electron chi connectivity index (χ4n) is 2.13. The number of halogens is 2. The lowest BCUT2D eigenvalue weighted by Gasteiger charge is -2.14. The van der Waals surface area contributed by atoms with Gasteiger partial charge in [0.1, 0.15) is 0 Å². The van der Waals surface area contributed by atoms with Gasteiger partial charge in [0.2, 0.25) is 0 Å². The average Bonchev–Trinajstić information content (AvgIpc) is 2.67. The highest BCUT2D eigenvalue weighted by atomic mass is 35.5. The summed E-state index contributed by atoms with van der Waals surface area (Å²) in [6.45, 7) is 3.40. The molecule has 29 heavy (non-hydrogen) atoms. The maximum Gasteiger partial charge on any atom is 0.252 e. The normalized spacial score (nSPS) is 13.4. The maximum absolute atomic E-state index is 12.1. The third-order valence-electron chi connectivity index (χ3n) is 3.62. The quantitative estimate of drug-likeness (QED) is 0.468. The molecular weight excluding hydrogens is 431 g/mol. The van der Waals surface area contributed by atoms with Crippen molar-refractivity contribution in [2.45, 2.75) is 24.3 Å². The summed E-state index contributed by atoms with van der Waals surface area (Å²) in [6, 6.07) is 14.2. The average molecular weight is 451 g/mol. The summed E-state index contributed by atoms with van der Waals surface area (Å²) in [4.78, 5) is 24.3. The summed E-state index contributed by atoms with van der Waals surface area (Å²) >= 11 is 13.0. The first kappa shape index (κ1) is 22.9. The van der Waals surface area contributed by atoms with Crippen LogP contribution in [0.4, 0.5) is 0 Å². The molecule has 0 saturated heterocycles. The van der Waals surface area contributed by atoms with Gasteiger partial charge in [0, 0.05) is 10.0 Å². The van der Waals surface area contributed by atoms with E-state index in [1.807, 2.05) is 12.1 Å². The van der Waals surface area contributed by atoms with Crippen molar-refractivity contribution in [1.82, 2.24) is 10.9 Å². The highest BCUT2D eigenvalue weighted by Gasteiger charge is 2.21. The minimum atomic E-state index is -0.482. The lowest BCUT2D eigenvalue weighted by molar-refractivity contribution is -0.120. The first-order valence-electron chi connectivity index (χ1n) is 8.67. The van der Waals surface area contributed by atoms with Crippen molar-refractivity contribution in [3.8, 4) is 0 Å². The Balaban J connectivity index is 1.78. The molecule has 0 radical (unpaired) electrons. The van der Waals surface area contributed by atoms with Crippen molar-refractivity contribution >= 4 is 59.2 Å². The number of benzene rings is 2. The molecule has 2 aromatic rings. The number of carbonyl (C=O) groups is 2. The van der Waals surface area contributed by atoms with Crippen molar-refractivity contribution in [3.05, 3.63) is 69.7 Å². The Morgan fingerprint density at radius 3 is 1.66 bits per heavy atom. The molecule has 2 aromatic carbocycles. The molecule has 2 rings (SSSR count). The molecule has 0 heterocycles. The fraction of sp³-hybridized carbons (Fsp3) is 0.200. The molecule has 2 atom stereocenters. The Hall–Kier alpha value is -2.35. The Bertz CT molecular complexity index is 847. The van der Waals surface area contributed by atoms with E-state index in [-0.39, 0.29) is 11.8 Å². The summed E-state index contributed by atoms with van der Waals surface area (Å²) in [5, 5.41) is 8.04. The van der Waals surface area contributed by atoms with Crippen molar-refractivity contribution in [3.63, 3.8) is 0 Å². The van der Waals surface area contributed by atoms with Gasteiger partial charge >= 0.3 is 0 Å². The number of hydrogen-bond donors (Lipinski definition) is 2. The Morgan fingerprint density at radius 1 is 0.862 bits per heavy atom. The zero-order valence-corrected chi connectivity index (χ0v) is 18.1. The lowest BCUT2D eigenvalue weighted by Crippen LogP contribution is -2.33. The van der Waals surface area contributed by atoms with Crippen LogP contribution in [0.15, 0.2) is 58.7 Å². The lowest BCUT2D eigenvalue weighted by atomic mass is 10.2. The topological polar surface area (TPSA) is 82.9 Å². The molecule has 2 N–H and O–H groups in total. The van der Waals surface area contributed by atoms with Crippen LogP contribution in [0.2, 0.25) is 10.0 Å². The van der Waals surface area contributed by atoms with Gasteiger partial charge in [-0.15, -0.1) is 11.8 Å². The van der Waals surface area contributed by atoms with Crippen LogP contribution >= 0.6 is 35.0 Å². The van der Waals surface area contributed by atoms with Crippen molar-refractivity contribution in [2.24, 2.45) is 10.2 Å². The summed E-state index contributed by atoms with van der Waals surface area (Å²) in [5.41, 5.74) is 6.45. The van der Waals surface area contributed by atoms with E-state index in [9.17, 15) is 9.59 Å². The second-order valence-electron chi connectivity index (χ2n) is 6.00. The predicted octanol–water partition coefficient (Wildman–Crippen LogP) is 4.10. The van der Waals surface area contributed by atoms with Crippen LogP contribution in [0.25, 0.3) is 0 Å². The van der Waals surface area contributed by atoms with E-state index in [0.717, 1.165) is 11.1 Å². The zero-order valence-electron chi connectivity index (χ0n) is 15.8. The van der Waals surface area contributed by atoms with Gasteiger partial charge in [0.15, 0.2) is 0 Å². The standard InChI is InChI=1S/C20H20Cl2N4O2S/c1-13(19(27)25-23-11-15-5-3-7-17(21)9-15)29-14(2)20(28)26-24-12-16-6-4-8-18(22)10-16/h3-14H,1-2H3,(H,25,27)(H,26,28)/b23-11-,24-12+. The van der Waals surface area contributed by atoms with Crippen LogP contribution < -0.4 is 10.9 Å². The molecule has 0 aliphatic rings. The minimum absolute atomic E-state index is 0.310. The number of rotatable bonds is 8. The molecule has 0 bridgehead atoms. The molecule has 152 valence electrons. The van der Waals surface area contributed by atoms with E-state index in [2.05, 4.69) is 21.1 Å². The molecule has 0 aromatic heterocycles. The number of thioether (sulfide) groups is 1. The van der Waals surface area contributed by atoms with E-state index in [1.54, 1.807) is 50.2 Å². The van der Waals surface area contributed by atoms with E-state index < -0.39 is 10.5 Å². The molecular formula is C20H20Cl2N4O2S. The number of nitrogens with zero attached hydrogens (tertiary/aromatic N) is 2. The van der Waals surface area contributed by atoms with Gasteiger partial charge in [-0.05, 0) is 49.2 Å². The van der Waals surface area contributed by atoms with Gasteiger partial charge in [-0.3, -0.25) is 9.59 Å². The van der Waals surface area contributed by atoms with Crippen LogP contribution in [0.5, 0.6) is 0 Å². The number of hydrazone groups is 2. The second-order valence-corrected chi connectivity index (χ2v) is 8.56. The minimum Gasteiger partial charge on any atom is -0.272 e.